The van der Waals surface area contributed by atoms with E-state index in [0.29, 0.717) is 20.9 Å². The molecule has 3 rings (SSSR count). The summed E-state index contributed by atoms with van der Waals surface area (Å²) in [5.74, 6) is 0.114. The molecule has 0 aliphatic heterocycles. The van der Waals surface area contributed by atoms with Crippen LogP contribution in [0.5, 0.6) is 5.75 Å². The molecule has 3 aromatic rings. The summed E-state index contributed by atoms with van der Waals surface area (Å²) >= 11 is 13.3. The molecular formula is C14H10Cl2N4O2S. The molecule has 1 aromatic carbocycles. The number of rotatable bonds is 5. The highest BCUT2D eigenvalue weighted by molar-refractivity contribution is 7.13. The fraction of sp³-hybridized carbons (Fsp3) is 0.0714. The summed E-state index contributed by atoms with van der Waals surface area (Å²) in [5, 5.41) is 9.83. The standard InChI is InChI=1S/C14H10Cl2N4O2S/c15-9-2-1-3-11(12(9)16)22-8-20-6-4-10(19-20)13(21)18-14-17-5-7-23-14/h1-7H,8H2,(H,17,18,21). The van der Waals surface area contributed by atoms with Gasteiger partial charge >= 0.3 is 0 Å². The molecule has 0 saturated carbocycles. The summed E-state index contributed by atoms with van der Waals surface area (Å²) in [4.78, 5) is 16.0. The second-order valence-corrected chi connectivity index (χ2v) is 6.04. The number of carbonyl (C=O) groups excluding carboxylic acids is 1. The Bertz CT molecular complexity index is 820. The van der Waals surface area contributed by atoms with Gasteiger partial charge in [0.25, 0.3) is 5.91 Å². The normalized spacial score (nSPS) is 10.5. The van der Waals surface area contributed by atoms with Crippen LogP contribution in [0.3, 0.4) is 0 Å². The number of hydrogen-bond acceptors (Lipinski definition) is 5. The van der Waals surface area contributed by atoms with E-state index in [-0.39, 0.29) is 18.3 Å². The molecular weight excluding hydrogens is 359 g/mol. The highest BCUT2D eigenvalue weighted by atomic mass is 35.5. The second-order valence-electron chi connectivity index (χ2n) is 4.36. The molecule has 2 aromatic heterocycles. The van der Waals surface area contributed by atoms with Crippen molar-refractivity contribution in [3.8, 4) is 5.75 Å². The molecule has 0 saturated heterocycles. The number of hydrogen-bond donors (Lipinski definition) is 1. The van der Waals surface area contributed by atoms with Crippen molar-refractivity contribution in [1.29, 1.82) is 0 Å². The molecule has 118 valence electrons. The van der Waals surface area contributed by atoms with Gasteiger partial charge in [-0.25, -0.2) is 9.67 Å². The number of nitrogens with zero attached hydrogens (tertiary/aromatic N) is 3. The summed E-state index contributed by atoms with van der Waals surface area (Å²) in [5.41, 5.74) is 0.265. The van der Waals surface area contributed by atoms with Crippen LogP contribution < -0.4 is 10.1 Å². The lowest BCUT2D eigenvalue weighted by molar-refractivity contribution is 0.102. The smallest absolute Gasteiger partial charge is 0.277 e. The summed E-state index contributed by atoms with van der Waals surface area (Å²) in [6.07, 6.45) is 3.25. The SMILES string of the molecule is O=C(Nc1nccs1)c1ccn(COc2cccc(Cl)c2Cl)n1. The molecule has 0 aliphatic rings. The molecule has 2 heterocycles. The van der Waals surface area contributed by atoms with Crippen LogP contribution in [0.25, 0.3) is 0 Å². The number of thiazole rings is 1. The van der Waals surface area contributed by atoms with E-state index in [4.69, 9.17) is 27.9 Å². The van der Waals surface area contributed by atoms with Crippen LogP contribution in [0.4, 0.5) is 5.13 Å². The van der Waals surface area contributed by atoms with Crippen molar-refractivity contribution in [3.05, 3.63) is 57.8 Å². The predicted molar refractivity (Wildman–Crippen MR) is 89.4 cm³/mol. The molecule has 0 radical (unpaired) electrons. The van der Waals surface area contributed by atoms with Crippen LogP contribution >= 0.6 is 34.5 Å². The van der Waals surface area contributed by atoms with Gasteiger partial charge in [0.15, 0.2) is 17.6 Å². The van der Waals surface area contributed by atoms with E-state index in [1.165, 1.54) is 16.0 Å². The maximum Gasteiger partial charge on any atom is 0.277 e. The number of anilines is 1. The first-order chi connectivity index (χ1) is 11.1. The van der Waals surface area contributed by atoms with Gasteiger partial charge in [0.1, 0.15) is 10.8 Å². The Morgan fingerprint density at radius 3 is 3.00 bits per heavy atom. The van der Waals surface area contributed by atoms with Crippen molar-refractivity contribution in [2.24, 2.45) is 0 Å². The number of halogens is 2. The minimum atomic E-state index is -0.334. The Hall–Kier alpha value is -2.09. The first-order valence-corrected chi connectivity index (χ1v) is 8.08. The lowest BCUT2D eigenvalue weighted by atomic mass is 10.3. The number of aromatic nitrogens is 3. The van der Waals surface area contributed by atoms with Gasteiger partial charge < -0.3 is 4.74 Å². The molecule has 0 bridgehead atoms. The quantitative estimate of drug-likeness (QED) is 0.740. The maximum absolute atomic E-state index is 12.0. The number of nitrogens with one attached hydrogen (secondary N) is 1. The molecule has 0 aliphatic carbocycles. The van der Waals surface area contributed by atoms with E-state index in [2.05, 4.69) is 15.4 Å². The highest BCUT2D eigenvalue weighted by Gasteiger charge is 2.11. The second kappa shape index (κ2) is 6.99. The Morgan fingerprint density at radius 1 is 1.35 bits per heavy atom. The van der Waals surface area contributed by atoms with E-state index in [0.717, 1.165) is 0 Å². The summed E-state index contributed by atoms with van der Waals surface area (Å²) in [6, 6.07) is 6.70. The highest BCUT2D eigenvalue weighted by Crippen LogP contribution is 2.31. The van der Waals surface area contributed by atoms with Crippen LogP contribution in [-0.2, 0) is 6.73 Å². The van der Waals surface area contributed by atoms with E-state index in [1.54, 1.807) is 42.0 Å². The Morgan fingerprint density at radius 2 is 2.22 bits per heavy atom. The van der Waals surface area contributed by atoms with Crippen LogP contribution in [0.1, 0.15) is 10.5 Å². The van der Waals surface area contributed by atoms with E-state index < -0.39 is 0 Å². The van der Waals surface area contributed by atoms with E-state index in [9.17, 15) is 4.79 Å². The lowest BCUT2D eigenvalue weighted by Crippen LogP contribution is -2.14. The van der Waals surface area contributed by atoms with Gasteiger partial charge in [-0.3, -0.25) is 10.1 Å². The van der Waals surface area contributed by atoms with Gasteiger partial charge in [-0.05, 0) is 18.2 Å². The average molecular weight is 369 g/mol. The van der Waals surface area contributed by atoms with Crippen molar-refractivity contribution < 1.29 is 9.53 Å². The van der Waals surface area contributed by atoms with Crippen molar-refractivity contribution in [2.45, 2.75) is 6.73 Å². The molecule has 9 heteroatoms. The van der Waals surface area contributed by atoms with E-state index >= 15 is 0 Å². The molecule has 0 fully saturated rings. The zero-order chi connectivity index (χ0) is 16.2. The number of amides is 1. The third kappa shape index (κ3) is 3.82. The Kier molecular flexibility index (Phi) is 4.80. The maximum atomic E-state index is 12.0. The summed E-state index contributed by atoms with van der Waals surface area (Å²) < 4.78 is 7.02. The van der Waals surface area contributed by atoms with Gasteiger partial charge in [0.2, 0.25) is 0 Å². The predicted octanol–water partition coefficient (Wildman–Crippen LogP) is 3.94. The van der Waals surface area contributed by atoms with Gasteiger partial charge in [0.05, 0.1) is 5.02 Å². The zero-order valence-corrected chi connectivity index (χ0v) is 13.9. The van der Waals surface area contributed by atoms with Crippen molar-refractivity contribution in [1.82, 2.24) is 14.8 Å². The summed E-state index contributed by atoms with van der Waals surface area (Å²) in [6.45, 7) is 0.102. The largest absolute Gasteiger partial charge is 0.470 e. The monoisotopic (exact) mass is 368 g/mol. The number of benzene rings is 1. The van der Waals surface area contributed by atoms with Gasteiger partial charge in [0, 0.05) is 17.8 Å². The molecule has 6 nitrogen and oxygen atoms in total. The molecule has 0 spiro atoms. The fourth-order valence-corrected chi connectivity index (χ4v) is 2.60. The number of ether oxygens (including phenoxy) is 1. The Balaban J connectivity index is 1.63. The van der Waals surface area contributed by atoms with E-state index in [1.807, 2.05) is 0 Å². The van der Waals surface area contributed by atoms with Crippen molar-refractivity contribution in [3.63, 3.8) is 0 Å². The Labute approximate surface area is 145 Å². The minimum Gasteiger partial charge on any atom is -0.470 e. The van der Waals surface area contributed by atoms with Crippen LogP contribution in [0.15, 0.2) is 42.0 Å². The van der Waals surface area contributed by atoms with Crippen LogP contribution in [-0.4, -0.2) is 20.7 Å². The number of carbonyl (C=O) groups is 1. The molecule has 0 unspecified atom stereocenters. The molecule has 0 atom stereocenters. The first-order valence-electron chi connectivity index (χ1n) is 6.44. The zero-order valence-electron chi connectivity index (χ0n) is 11.6. The minimum absolute atomic E-state index is 0.102. The fourth-order valence-electron chi connectivity index (χ4n) is 1.73. The van der Waals surface area contributed by atoms with Crippen LogP contribution in [0.2, 0.25) is 10.0 Å². The average Bonchev–Trinajstić information content (AvgIpc) is 3.20. The lowest BCUT2D eigenvalue weighted by Gasteiger charge is -2.08. The molecule has 23 heavy (non-hydrogen) atoms. The molecule has 1 amide bonds. The molecule has 1 N–H and O–H groups in total. The van der Waals surface area contributed by atoms with Gasteiger partial charge in [-0.2, -0.15) is 5.10 Å². The third-order valence-electron chi connectivity index (χ3n) is 2.79. The van der Waals surface area contributed by atoms with Gasteiger partial charge in [-0.1, -0.05) is 29.3 Å². The van der Waals surface area contributed by atoms with Crippen LogP contribution in [0, 0.1) is 0 Å². The van der Waals surface area contributed by atoms with Crippen molar-refractivity contribution in [2.75, 3.05) is 5.32 Å². The summed E-state index contributed by atoms with van der Waals surface area (Å²) in [7, 11) is 0. The van der Waals surface area contributed by atoms with Crippen molar-refractivity contribution >= 4 is 45.6 Å². The van der Waals surface area contributed by atoms with Gasteiger partial charge in [-0.15, -0.1) is 11.3 Å². The first kappa shape index (κ1) is 15.8. The topological polar surface area (TPSA) is 69.0 Å². The third-order valence-corrected chi connectivity index (χ3v) is 4.28.